The van der Waals surface area contributed by atoms with E-state index in [4.69, 9.17) is 39.5 Å². The van der Waals surface area contributed by atoms with E-state index in [0.717, 1.165) is 6.07 Å². The van der Waals surface area contributed by atoms with E-state index in [9.17, 15) is 23.2 Å². The number of carbonyl (C=O) groups is 2. The lowest BCUT2D eigenvalue weighted by Crippen LogP contribution is -2.24. The van der Waals surface area contributed by atoms with Crippen LogP contribution in [-0.4, -0.2) is 23.8 Å². The molecule has 1 aromatic heterocycles. The fraction of sp³-hybridized carbons (Fsp3) is 0.188. The van der Waals surface area contributed by atoms with Gasteiger partial charge in [-0.25, -0.2) is 4.79 Å². The van der Waals surface area contributed by atoms with Gasteiger partial charge in [0.25, 0.3) is 5.56 Å². The lowest BCUT2D eigenvalue weighted by atomic mass is 10.2. The Morgan fingerprint density at radius 2 is 2.04 bits per heavy atom. The van der Waals surface area contributed by atoms with E-state index >= 15 is 0 Å². The molecule has 0 aliphatic heterocycles. The third-order valence-corrected chi connectivity index (χ3v) is 5.52. The molecule has 0 saturated heterocycles. The third-order valence-electron chi connectivity index (χ3n) is 3.20. The van der Waals surface area contributed by atoms with E-state index in [0.29, 0.717) is 18.0 Å². The van der Waals surface area contributed by atoms with Crippen LogP contribution in [0.5, 0.6) is 0 Å². The van der Waals surface area contributed by atoms with Gasteiger partial charge >= 0.3 is 11.4 Å². The molecule has 0 aliphatic carbocycles. The molecule has 0 bridgehead atoms. The minimum absolute atomic E-state index is 0.0437. The van der Waals surface area contributed by atoms with Crippen molar-refractivity contribution in [1.82, 2.24) is 4.98 Å². The van der Waals surface area contributed by atoms with Crippen molar-refractivity contribution in [3.05, 3.63) is 55.4 Å². The molecule has 27 heavy (non-hydrogen) atoms. The quantitative estimate of drug-likeness (QED) is 0.371. The van der Waals surface area contributed by atoms with Gasteiger partial charge in [0, 0.05) is 10.5 Å². The maximum Gasteiger partial charge on any atom is 0.362 e. The largest absolute Gasteiger partial charge is 0.462 e. The van der Waals surface area contributed by atoms with Gasteiger partial charge in [-0.05, 0) is 36.7 Å². The number of carbonyl (C=O) groups excluding carboxylic acids is 2. The molecule has 0 atom stereocenters. The van der Waals surface area contributed by atoms with Crippen LogP contribution < -0.4 is 5.56 Å². The van der Waals surface area contributed by atoms with E-state index in [1.807, 2.05) is 4.98 Å². The number of nitrogens with one attached hydrogen (secondary N) is 1. The number of hydrogen-bond acceptors (Lipinski definition) is 5. The molecule has 0 radical (unpaired) electrons. The van der Waals surface area contributed by atoms with Gasteiger partial charge in [0.05, 0.1) is 21.5 Å². The van der Waals surface area contributed by atoms with Gasteiger partial charge in [-0.15, -0.1) is 0 Å². The summed E-state index contributed by atoms with van der Waals surface area (Å²) in [5, 5.41) is -3.86. The normalized spacial score (nSPS) is 11.3. The van der Waals surface area contributed by atoms with E-state index < -0.39 is 28.2 Å². The lowest BCUT2D eigenvalue weighted by molar-refractivity contribution is 0.0517. The Balaban J connectivity index is 2.71. The highest BCUT2D eigenvalue weighted by atomic mass is 35.5. The van der Waals surface area contributed by atoms with E-state index in [2.05, 4.69) is 0 Å². The minimum atomic E-state index is -3.89. The maximum atomic E-state index is 13.5. The van der Waals surface area contributed by atoms with Gasteiger partial charge in [-0.2, -0.15) is 8.78 Å². The van der Waals surface area contributed by atoms with Crippen molar-refractivity contribution in [3.8, 4) is 0 Å². The monoisotopic (exact) mass is 455 g/mol. The number of hydrogen-bond donors (Lipinski definition) is 1. The summed E-state index contributed by atoms with van der Waals surface area (Å²) >= 11 is 17.8. The van der Waals surface area contributed by atoms with E-state index in [1.54, 1.807) is 0 Å². The van der Waals surface area contributed by atoms with Gasteiger partial charge < -0.3 is 9.72 Å². The molecule has 2 rings (SSSR count). The zero-order valence-electron chi connectivity index (χ0n) is 13.4. The number of aromatic nitrogens is 1. The summed E-state index contributed by atoms with van der Waals surface area (Å²) in [4.78, 5) is 37.2. The summed E-state index contributed by atoms with van der Waals surface area (Å²) in [5.74, 6) is -1.02. The SMILES string of the molecule is CCOC(=O)c1c(Sc2c(Cl)ccc(C=O)c2Cl)cc(C(F)(F)Cl)[nH]c1=O. The first-order chi connectivity index (χ1) is 12.6. The first kappa shape index (κ1) is 21.7. The first-order valence-corrected chi connectivity index (χ1v) is 9.17. The second-order valence-corrected chi connectivity index (χ2v) is 7.28. The summed E-state index contributed by atoms with van der Waals surface area (Å²) < 4.78 is 31.8. The van der Waals surface area contributed by atoms with Gasteiger partial charge in [-0.3, -0.25) is 9.59 Å². The zero-order chi connectivity index (χ0) is 20.4. The molecule has 11 heteroatoms. The maximum absolute atomic E-state index is 13.5. The fourth-order valence-corrected chi connectivity index (χ4v) is 3.80. The average Bonchev–Trinajstić information content (AvgIpc) is 2.57. The van der Waals surface area contributed by atoms with E-state index in [1.165, 1.54) is 19.1 Å². The lowest BCUT2D eigenvalue weighted by Gasteiger charge is -2.14. The number of halogens is 5. The molecular weight excluding hydrogens is 447 g/mol. The van der Waals surface area contributed by atoms with Crippen LogP contribution in [0.3, 0.4) is 0 Å². The highest BCUT2D eigenvalue weighted by Gasteiger charge is 2.32. The molecule has 5 nitrogen and oxygen atoms in total. The average molecular weight is 457 g/mol. The second-order valence-electron chi connectivity index (χ2n) is 4.97. The molecular formula is C16H10Cl3F2NO4S. The van der Waals surface area contributed by atoms with Crippen LogP contribution in [0.25, 0.3) is 0 Å². The standard InChI is InChI=1S/C16H10Cl3F2NO4S/c1-2-26-15(25)11-9(5-10(16(19,20)21)22-14(11)24)27-13-8(17)4-3-7(6-23)12(13)18/h3-6H,2H2,1H3,(H,22,24). The van der Waals surface area contributed by atoms with Crippen LogP contribution in [0.4, 0.5) is 8.78 Å². The predicted molar refractivity (Wildman–Crippen MR) is 98.7 cm³/mol. The van der Waals surface area contributed by atoms with Crippen LogP contribution >= 0.6 is 46.6 Å². The van der Waals surface area contributed by atoms with Gasteiger partial charge in [0.2, 0.25) is 0 Å². The molecule has 0 fully saturated rings. The number of esters is 1. The van der Waals surface area contributed by atoms with Crippen LogP contribution in [0, 0.1) is 0 Å². The van der Waals surface area contributed by atoms with Crippen LogP contribution in [0.2, 0.25) is 10.0 Å². The molecule has 0 unspecified atom stereocenters. The molecule has 1 heterocycles. The Morgan fingerprint density at radius 1 is 1.37 bits per heavy atom. The number of benzene rings is 1. The number of aldehydes is 1. The molecule has 1 N–H and O–H groups in total. The number of aromatic amines is 1. The Hall–Kier alpha value is -1.61. The Labute approximate surface area is 170 Å². The minimum Gasteiger partial charge on any atom is -0.462 e. The second kappa shape index (κ2) is 8.60. The number of rotatable bonds is 6. The molecule has 144 valence electrons. The number of alkyl halides is 3. The van der Waals surface area contributed by atoms with Crippen molar-refractivity contribution >= 4 is 58.8 Å². The van der Waals surface area contributed by atoms with Crippen molar-refractivity contribution < 1.29 is 23.1 Å². The summed E-state index contributed by atoms with van der Waals surface area (Å²) in [6.07, 6.45) is 0.477. The summed E-state index contributed by atoms with van der Waals surface area (Å²) in [5.41, 5.74) is -2.47. The molecule has 2 aromatic rings. The van der Waals surface area contributed by atoms with Crippen molar-refractivity contribution in [3.63, 3.8) is 0 Å². The Kier molecular flexibility index (Phi) is 6.91. The van der Waals surface area contributed by atoms with Crippen LogP contribution in [-0.2, 0) is 10.1 Å². The highest BCUT2D eigenvalue weighted by Crippen LogP contribution is 2.42. The number of H-pyrrole nitrogens is 1. The van der Waals surface area contributed by atoms with Crippen molar-refractivity contribution in [1.29, 1.82) is 0 Å². The summed E-state index contributed by atoms with van der Waals surface area (Å²) in [6.45, 7) is 1.47. The topological polar surface area (TPSA) is 76.2 Å². The van der Waals surface area contributed by atoms with Crippen molar-refractivity contribution in [2.24, 2.45) is 0 Å². The number of ether oxygens (including phenoxy) is 1. The van der Waals surface area contributed by atoms with Gasteiger partial charge in [0.1, 0.15) is 11.3 Å². The molecule has 0 saturated carbocycles. The summed E-state index contributed by atoms with van der Waals surface area (Å²) in [7, 11) is 0. The smallest absolute Gasteiger partial charge is 0.362 e. The molecule has 0 aliphatic rings. The highest BCUT2D eigenvalue weighted by molar-refractivity contribution is 7.99. The fourth-order valence-electron chi connectivity index (χ4n) is 2.01. The Bertz CT molecular complexity index is 960. The first-order valence-electron chi connectivity index (χ1n) is 7.22. The molecule has 1 aromatic carbocycles. The Morgan fingerprint density at radius 3 is 2.59 bits per heavy atom. The molecule has 0 spiro atoms. The number of pyridine rings is 1. The van der Waals surface area contributed by atoms with Gasteiger partial charge in [0.15, 0.2) is 6.29 Å². The summed E-state index contributed by atoms with van der Waals surface area (Å²) in [6, 6.07) is 3.56. The van der Waals surface area contributed by atoms with Crippen molar-refractivity contribution in [2.45, 2.75) is 22.1 Å². The zero-order valence-corrected chi connectivity index (χ0v) is 16.5. The molecule has 0 amide bonds. The predicted octanol–water partition coefficient (Wildman–Crippen LogP) is 5.11. The van der Waals surface area contributed by atoms with Crippen molar-refractivity contribution in [2.75, 3.05) is 6.61 Å². The third kappa shape index (κ3) is 4.82. The van der Waals surface area contributed by atoms with Crippen LogP contribution in [0.15, 0.2) is 32.8 Å². The van der Waals surface area contributed by atoms with Crippen LogP contribution in [0.1, 0.15) is 33.3 Å². The van der Waals surface area contributed by atoms with E-state index in [-0.39, 0.29) is 32.0 Å². The van der Waals surface area contributed by atoms with Gasteiger partial charge in [-0.1, -0.05) is 35.0 Å².